The molecule has 1 atom stereocenters. The number of hydrogen-bond acceptors (Lipinski definition) is 5. The molecule has 0 bridgehead atoms. The van der Waals surface area contributed by atoms with E-state index in [2.05, 4.69) is 42.1 Å². The third-order valence-electron chi connectivity index (χ3n) is 6.27. The fourth-order valence-corrected chi connectivity index (χ4v) is 4.49. The number of hydrogen-bond donors (Lipinski definition) is 1. The predicted octanol–water partition coefficient (Wildman–Crippen LogP) is 5.35. The summed E-state index contributed by atoms with van der Waals surface area (Å²) in [4.78, 5) is 6.50. The van der Waals surface area contributed by atoms with Crippen molar-refractivity contribution in [3.05, 3.63) is 77.5 Å². The van der Waals surface area contributed by atoms with Crippen molar-refractivity contribution < 1.29 is 13.2 Å². The molecule has 0 saturated carbocycles. The molecule has 6 nitrogen and oxygen atoms in total. The van der Waals surface area contributed by atoms with Gasteiger partial charge in [0.25, 0.3) is 0 Å². The molecule has 1 N–H and O–H groups in total. The van der Waals surface area contributed by atoms with Crippen LogP contribution >= 0.6 is 0 Å². The smallest absolute Gasteiger partial charge is 0.364 e. The van der Waals surface area contributed by atoms with Gasteiger partial charge in [0, 0.05) is 35.7 Å². The highest BCUT2D eigenvalue weighted by atomic mass is 19.4. The number of imidazole rings is 1. The molecule has 170 valence electrons. The third-order valence-corrected chi connectivity index (χ3v) is 6.27. The largest absolute Gasteiger partial charge is 0.416 e. The Hall–Kier alpha value is -3.62. The molecule has 0 spiro atoms. The molecule has 1 aliphatic heterocycles. The second kappa shape index (κ2) is 8.06. The van der Waals surface area contributed by atoms with Crippen LogP contribution in [0.1, 0.15) is 35.3 Å². The normalized spacial score (nSPS) is 14.9. The monoisotopic (exact) mass is 452 g/mol. The van der Waals surface area contributed by atoms with Gasteiger partial charge in [0.2, 0.25) is 0 Å². The summed E-state index contributed by atoms with van der Waals surface area (Å²) in [5.41, 5.74) is 2.37. The van der Waals surface area contributed by atoms with E-state index in [4.69, 9.17) is 0 Å². The van der Waals surface area contributed by atoms with Gasteiger partial charge in [0.1, 0.15) is 0 Å². The lowest BCUT2D eigenvalue weighted by atomic mass is 9.97. The van der Waals surface area contributed by atoms with Gasteiger partial charge in [-0.3, -0.25) is 0 Å². The molecule has 0 radical (unpaired) electrons. The van der Waals surface area contributed by atoms with Crippen molar-refractivity contribution in [2.24, 2.45) is 0 Å². The number of fused-ring (bicyclic) bond motifs is 2. The number of anilines is 2. The number of nitrogens with one attached hydrogen (secondary N) is 1. The fraction of sp³-hybridized carbons (Fsp3) is 0.292. The SMILES string of the molecule is Cc1c(C(C)Nc2nncc3ccc(N4CCn5cncc5C4)cc23)cccc1C(F)(F)F. The lowest BCUT2D eigenvalue weighted by Crippen LogP contribution is -2.32. The van der Waals surface area contributed by atoms with E-state index in [9.17, 15) is 13.2 Å². The van der Waals surface area contributed by atoms with Gasteiger partial charge in [-0.15, -0.1) is 5.10 Å². The summed E-state index contributed by atoms with van der Waals surface area (Å²) < 4.78 is 42.3. The van der Waals surface area contributed by atoms with Crippen molar-refractivity contribution in [2.45, 2.75) is 39.2 Å². The zero-order valence-corrected chi connectivity index (χ0v) is 18.3. The molecule has 4 aromatic rings. The van der Waals surface area contributed by atoms with Gasteiger partial charge in [0.05, 0.1) is 36.4 Å². The fourth-order valence-electron chi connectivity index (χ4n) is 4.49. The minimum atomic E-state index is -4.39. The van der Waals surface area contributed by atoms with E-state index in [1.165, 1.54) is 13.0 Å². The summed E-state index contributed by atoms with van der Waals surface area (Å²) >= 11 is 0. The lowest BCUT2D eigenvalue weighted by Gasteiger charge is -2.30. The first-order chi connectivity index (χ1) is 15.8. The molecule has 9 heteroatoms. The van der Waals surface area contributed by atoms with Crippen LogP contribution < -0.4 is 10.2 Å². The average molecular weight is 452 g/mol. The van der Waals surface area contributed by atoms with E-state index in [-0.39, 0.29) is 11.6 Å². The molecule has 3 heterocycles. The standard InChI is InChI=1S/C24H23F3N6/c1-15-20(4-3-5-22(15)24(25,26)27)16(2)30-23-21-10-18(7-6-17(21)11-29-31-23)32-8-9-33-14-28-12-19(33)13-32/h3-7,10-12,14,16H,8-9,13H2,1-2H3,(H,30,31). The van der Waals surface area contributed by atoms with Crippen LogP contribution in [0.15, 0.2) is 55.1 Å². The Morgan fingerprint density at radius 1 is 1.09 bits per heavy atom. The number of alkyl halides is 3. The van der Waals surface area contributed by atoms with Gasteiger partial charge in [-0.25, -0.2) is 4.98 Å². The number of halogens is 3. The Labute approximate surface area is 189 Å². The van der Waals surface area contributed by atoms with Crippen LogP contribution in [0.4, 0.5) is 24.7 Å². The average Bonchev–Trinajstić information content (AvgIpc) is 3.26. The minimum Gasteiger partial charge on any atom is -0.364 e. The second-order valence-corrected chi connectivity index (χ2v) is 8.35. The first-order valence-electron chi connectivity index (χ1n) is 10.7. The quantitative estimate of drug-likeness (QED) is 0.453. The van der Waals surface area contributed by atoms with Crippen LogP contribution in [-0.2, 0) is 19.3 Å². The van der Waals surface area contributed by atoms with Gasteiger partial charge in [0.15, 0.2) is 5.82 Å². The molecule has 2 aromatic carbocycles. The first kappa shape index (κ1) is 21.2. The van der Waals surface area contributed by atoms with Crippen molar-refractivity contribution in [1.82, 2.24) is 19.7 Å². The maximum Gasteiger partial charge on any atom is 0.416 e. The van der Waals surface area contributed by atoms with E-state index in [1.54, 1.807) is 12.3 Å². The van der Waals surface area contributed by atoms with Crippen molar-refractivity contribution >= 4 is 22.3 Å². The van der Waals surface area contributed by atoms with Gasteiger partial charge in [-0.1, -0.05) is 18.2 Å². The van der Waals surface area contributed by atoms with Crippen molar-refractivity contribution in [2.75, 3.05) is 16.8 Å². The van der Waals surface area contributed by atoms with Crippen LogP contribution in [0.3, 0.4) is 0 Å². The number of rotatable bonds is 4. The van der Waals surface area contributed by atoms with E-state index >= 15 is 0 Å². The number of aromatic nitrogens is 4. The van der Waals surface area contributed by atoms with Crippen LogP contribution in [0, 0.1) is 6.92 Å². The molecule has 5 rings (SSSR count). The van der Waals surface area contributed by atoms with Crippen molar-refractivity contribution in [3.63, 3.8) is 0 Å². The van der Waals surface area contributed by atoms with Gasteiger partial charge < -0.3 is 14.8 Å². The maximum absolute atomic E-state index is 13.4. The third kappa shape index (κ3) is 3.99. The van der Waals surface area contributed by atoms with E-state index < -0.39 is 11.7 Å². The van der Waals surface area contributed by atoms with Gasteiger partial charge in [-0.05, 0) is 43.2 Å². The Morgan fingerprint density at radius 3 is 2.76 bits per heavy atom. The van der Waals surface area contributed by atoms with Gasteiger partial charge >= 0.3 is 6.18 Å². The Bertz CT molecular complexity index is 1310. The Morgan fingerprint density at radius 2 is 1.94 bits per heavy atom. The van der Waals surface area contributed by atoms with E-state index in [0.717, 1.165) is 47.9 Å². The first-order valence-corrected chi connectivity index (χ1v) is 10.7. The van der Waals surface area contributed by atoms with E-state index in [1.807, 2.05) is 25.5 Å². The molecule has 1 unspecified atom stereocenters. The molecule has 0 amide bonds. The highest BCUT2D eigenvalue weighted by Crippen LogP contribution is 2.36. The van der Waals surface area contributed by atoms with Crippen LogP contribution in [0.25, 0.3) is 10.8 Å². The van der Waals surface area contributed by atoms with Gasteiger partial charge in [-0.2, -0.15) is 18.3 Å². The van der Waals surface area contributed by atoms with Crippen molar-refractivity contribution in [3.8, 4) is 0 Å². The molecule has 1 aliphatic rings. The molecule has 0 aliphatic carbocycles. The molecular weight excluding hydrogens is 429 g/mol. The number of nitrogens with zero attached hydrogens (tertiary/aromatic N) is 5. The molecule has 0 saturated heterocycles. The summed E-state index contributed by atoms with van der Waals surface area (Å²) in [7, 11) is 0. The van der Waals surface area contributed by atoms with E-state index in [0.29, 0.717) is 11.4 Å². The zero-order valence-electron chi connectivity index (χ0n) is 18.3. The maximum atomic E-state index is 13.4. The molecular formula is C24H23F3N6. The number of benzene rings is 2. The van der Waals surface area contributed by atoms with Crippen LogP contribution in [-0.4, -0.2) is 26.3 Å². The predicted molar refractivity (Wildman–Crippen MR) is 121 cm³/mol. The summed E-state index contributed by atoms with van der Waals surface area (Å²) in [5, 5.41) is 13.4. The lowest BCUT2D eigenvalue weighted by molar-refractivity contribution is -0.138. The minimum absolute atomic E-state index is 0.212. The highest BCUT2D eigenvalue weighted by Gasteiger charge is 2.33. The second-order valence-electron chi connectivity index (χ2n) is 8.35. The molecule has 0 fully saturated rings. The summed E-state index contributed by atoms with van der Waals surface area (Å²) in [6, 6.07) is 9.99. The van der Waals surface area contributed by atoms with Crippen LogP contribution in [0.5, 0.6) is 0 Å². The Kier molecular flexibility index (Phi) is 5.19. The summed E-state index contributed by atoms with van der Waals surface area (Å²) in [6.45, 7) is 5.81. The molecule has 33 heavy (non-hydrogen) atoms. The Balaban J connectivity index is 1.46. The van der Waals surface area contributed by atoms with Crippen LogP contribution in [0.2, 0.25) is 0 Å². The summed E-state index contributed by atoms with van der Waals surface area (Å²) in [5.74, 6) is 0.542. The topological polar surface area (TPSA) is 58.9 Å². The molecule has 2 aromatic heterocycles. The van der Waals surface area contributed by atoms with Crippen molar-refractivity contribution in [1.29, 1.82) is 0 Å². The summed E-state index contributed by atoms with van der Waals surface area (Å²) in [6.07, 6.45) is 1.03. The zero-order chi connectivity index (χ0) is 23.2. The highest BCUT2D eigenvalue weighted by molar-refractivity contribution is 5.93.